The third-order valence-corrected chi connectivity index (χ3v) is 5.74. The first-order chi connectivity index (χ1) is 9.86. The third kappa shape index (κ3) is 3.10. The molecule has 1 aliphatic heterocycles. The molecule has 6 heteroatoms. The van der Waals surface area contributed by atoms with E-state index in [4.69, 9.17) is 0 Å². The number of benzene rings is 1. The normalized spacial score (nSPS) is 18.3. The summed E-state index contributed by atoms with van der Waals surface area (Å²) in [5.74, 6) is 0.0653. The third-order valence-electron chi connectivity index (χ3n) is 3.87. The summed E-state index contributed by atoms with van der Waals surface area (Å²) in [6, 6.07) is 7.21. The molecule has 0 radical (unpaired) electrons. The van der Waals surface area contributed by atoms with Crippen molar-refractivity contribution in [1.29, 1.82) is 0 Å². The Morgan fingerprint density at radius 3 is 2.48 bits per heavy atom. The van der Waals surface area contributed by atoms with Gasteiger partial charge in [0.05, 0.1) is 17.5 Å². The van der Waals surface area contributed by atoms with Gasteiger partial charge in [0.2, 0.25) is 15.9 Å². The number of hydrogen-bond acceptors (Lipinski definition) is 3. The molecule has 1 aromatic carbocycles. The van der Waals surface area contributed by atoms with E-state index in [1.807, 2.05) is 19.1 Å². The van der Waals surface area contributed by atoms with Crippen molar-refractivity contribution in [3.8, 4) is 0 Å². The summed E-state index contributed by atoms with van der Waals surface area (Å²) in [6.45, 7) is 5.93. The second-order valence-electron chi connectivity index (χ2n) is 5.16. The fraction of sp³-hybridized carbons (Fsp3) is 0.400. The van der Waals surface area contributed by atoms with Gasteiger partial charge >= 0.3 is 0 Å². The Kier molecular flexibility index (Phi) is 4.37. The lowest BCUT2D eigenvalue weighted by Crippen LogP contribution is -2.28. The van der Waals surface area contributed by atoms with Gasteiger partial charge in [0.15, 0.2) is 0 Å². The van der Waals surface area contributed by atoms with Crippen molar-refractivity contribution in [3.05, 3.63) is 42.5 Å². The maximum absolute atomic E-state index is 11.9. The molecular weight excluding hydrogens is 288 g/mol. The molecule has 1 aromatic rings. The molecule has 0 aromatic heterocycles. The summed E-state index contributed by atoms with van der Waals surface area (Å²) in [7, 11) is -1.44. The second kappa shape index (κ2) is 5.89. The first-order valence-electron chi connectivity index (χ1n) is 6.86. The Hall–Kier alpha value is -1.82. The number of anilines is 1. The van der Waals surface area contributed by atoms with Crippen molar-refractivity contribution in [1.82, 2.24) is 4.90 Å². The fourth-order valence-corrected chi connectivity index (χ4v) is 3.97. The van der Waals surface area contributed by atoms with Crippen molar-refractivity contribution in [2.45, 2.75) is 19.4 Å². The second-order valence-corrected chi connectivity index (χ2v) is 7.18. The molecule has 0 saturated carbocycles. The van der Waals surface area contributed by atoms with Gasteiger partial charge in [0, 0.05) is 13.6 Å². The Balaban J connectivity index is 2.19. The molecule has 0 spiro atoms. The number of hydrogen-bond donors (Lipinski definition) is 0. The Bertz CT molecular complexity index is 637. The first-order valence-corrected chi connectivity index (χ1v) is 8.47. The van der Waals surface area contributed by atoms with Crippen LogP contribution in [0.4, 0.5) is 5.69 Å². The van der Waals surface area contributed by atoms with E-state index >= 15 is 0 Å². The van der Waals surface area contributed by atoms with Gasteiger partial charge in [0.25, 0.3) is 0 Å². The number of nitrogens with zero attached hydrogens (tertiary/aromatic N) is 2. The van der Waals surface area contributed by atoms with Crippen LogP contribution < -0.4 is 4.31 Å². The van der Waals surface area contributed by atoms with Crippen molar-refractivity contribution in [2.24, 2.45) is 0 Å². The summed E-state index contributed by atoms with van der Waals surface area (Å²) in [5, 5.41) is 0. The van der Waals surface area contributed by atoms with Gasteiger partial charge in [-0.05, 0) is 37.1 Å². The number of amides is 1. The zero-order valence-corrected chi connectivity index (χ0v) is 13.1. The molecule has 21 heavy (non-hydrogen) atoms. The van der Waals surface area contributed by atoms with Gasteiger partial charge in [0.1, 0.15) is 0 Å². The van der Waals surface area contributed by atoms with Gasteiger partial charge in [-0.3, -0.25) is 9.10 Å². The largest absolute Gasteiger partial charge is 0.335 e. The topological polar surface area (TPSA) is 57.7 Å². The van der Waals surface area contributed by atoms with Crippen LogP contribution in [0.2, 0.25) is 0 Å². The smallest absolute Gasteiger partial charge is 0.246 e. The molecule has 1 heterocycles. The van der Waals surface area contributed by atoms with Crippen LogP contribution in [0.5, 0.6) is 0 Å². The molecule has 1 unspecified atom stereocenters. The zero-order valence-electron chi connectivity index (χ0n) is 12.3. The Labute approximate surface area is 125 Å². The summed E-state index contributed by atoms with van der Waals surface area (Å²) in [4.78, 5) is 13.2. The highest BCUT2D eigenvalue weighted by atomic mass is 32.2. The Morgan fingerprint density at radius 1 is 1.38 bits per heavy atom. The van der Waals surface area contributed by atoms with Gasteiger partial charge in [-0.15, -0.1) is 0 Å². The van der Waals surface area contributed by atoms with E-state index in [1.54, 1.807) is 24.1 Å². The molecule has 1 atom stereocenters. The van der Waals surface area contributed by atoms with Crippen LogP contribution in [0.3, 0.4) is 0 Å². The molecule has 5 nitrogen and oxygen atoms in total. The highest BCUT2D eigenvalue weighted by molar-refractivity contribution is 7.93. The fourth-order valence-electron chi connectivity index (χ4n) is 2.41. The molecule has 1 saturated heterocycles. The lowest BCUT2D eigenvalue weighted by molar-refractivity contribution is -0.126. The molecule has 114 valence electrons. The van der Waals surface area contributed by atoms with Crippen LogP contribution in [0.1, 0.15) is 24.9 Å². The van der Waals surface area contributed by atoms with Crippen LogP contribution in [-0.4, -0.2) is 38.6 Å². The number of rotatable bonds is 4. The quantitative estimate of drug-likeness (QED) is 0.799. The van der Waals surface area contributed by atoms with E-state index in [0.717, 1.165) is 5.56 Å². The summed E-state index contributed by atoms with van der Waals surface area (Å²) in [5.41, 5.74) is 1.63. The molecule has 1 fully saturated rings. The number of carbonyl (C=O) groups excluding carboxylic acids is 1. The maximum atomic E-state index is 11.9. The van der Waals surface area contributed by atoms with Crippen LogP contribution >= 0.6 is 0 Å². The molecule has 0 N–H and O–H groups in total. The minimum atomic E-state index is -3.15. The minimum Gasteiger partial charge on any atom is -0.335 e. The van der Waals surface area contributed by atoms with Gasteiger partial charge in [-0.25, -0.2) is 8.42 Å². The monoisotopic (exact) mass is 308 g/mol. The maximum Gasteiger partial charge on any atom is 0.246 e. The number of sulfonamides is 1. The van der Waals surface area contributed by atoms with Crippen molar-refractivity contribution < 1.29 is 13.2 Å². The van der Waals surface area contributed by atoms with Gasteiger partial charge < -0.3 is 4.90 Å². The van der Waals surface area contributed by atoms with Crippen LogP contribution in [-0.2, 0) is 14.8 Å². The van der Waals surface area contributed by atoms with Crippen molar-refractivity contribution in [3.63, 3.8) is 0 Å². The van der Waals surface area contributed by atoms with Crippen molar-refractivity contribution >= 4 is 21.6 Å². The molecule has 0 aliphatic carbocycles. The average Bonchev–Trinajstić information content (AvgIpc) is 2.84. The van der Waals surface area contributed by atoms with Gasteiger partial charge in [-0.1, -0.05) is 18.7 Å². The van der Waals surface area contributed by atoms with E-state index < -0.39 is 10.0 Å². The summed E-state index contributed by atoms with van der Waals surface area (Å²) in [6.07, 6.45) is 1.94. The Morgan fingerprint density at radius 2 is 2.00 bits per heavy atom. The van der Waals surface area contributed by atoms with Crippen LogP contribution in [0, 0.1) is 0 Å². The lowest BCUT2D eigenvalue weighted by Gasteiger charge is -2.25. The van der Waals surface area contributed by atoms with E-state index in [1.165, 1.54) is 10.4 Å². The molecular formula is C15H20N2O3S. The minimum absolute atomic E-state index is 0.0975. The van der Waals surface area contributed by atoms with E-state index in [0.29, 0.717) is 18.7 Å². The predicted molar refractivity (Wildman–Crippen MR) is 83.6 cm³/mol. The van der Waals surface area contributed by atoms with E-state index in [-0.39, 0.29) is 17.7 Å². The van der Waals surface area contributed by atoms with Crippen LogP contribution in [0.15, 0.2) is 36.9 Å². The van der Waals surface area contributed by atoms with Crippen molar-refractivity contribution in [2.75, 3.05) is 23.7 Å². The predicted octanol–water partition coefficient (Wildman–Crippen LogP) is 1.93. The molecule has 1 aliphatic rings. The van der Waals surface area contributed by atoms with E-state index in [9.17, 15) is 13.2 Å². The van der Waals surface area contributed by atoms with E-state index in [2.05, 4.69) is 6.58 Å². The summed E-state index contributed by atoms with van der Waals surface area (Å²) >= 11 is 0. The number of likely N-dealkylation sites (N-methyl/N-ethyl adjacent to an activating group) is 1. The summed E-state index contributed by atoms with van der Waals surface area (Å²) < 4.78 is 25.2. The standard InChI is InChI=1S/C15H20N2O3S/c1-4-15(18)16(3)12(2)13-6-8-14(9-7-13)17-10-5-11-21(17,19)20/h4,6-9,12H,1,5,10-11H2,2-3H3. The highest BCUT2D eigenvalue weighted by Gasteiger charge is 2.28. The molecule has 0 bridgehead atoms. The van der Waals surface area contributed by atoms with Crippen LogP contribution in [0.25, 0.3) is 0 Å². The average molecular weight is 308 g/mol. The highest BCUT2D eigenvalue weighted by Crippen LogP contribution is 2.27. The molecule has 2 rings (SSSR count). The first kappa shape index (κ1) is 15.6. The zero-order chi connectivity index (χ0) is 15.6. The lowest BCUT2D eigenvalue weighted by atomic mass is 10.1. The number of carbonyl (C=O) groups is 1. The van der Waals surface area contributed by atoms with Gasteiger partial charge in [-0.2, -0.15) is 0 Å². The SMILES string of the molecule is C=CC(=O)N(C)C(C)c1ccc(N2CCCS2(=O)=O)cc1. The molecule has 1 amide bonds.